The van der Waals surface area contributed by atoms with Crippen molar-refractivity contribution in [3.63, 3.8) is 0 Å². The van der Waals surface area contributed by atoms with Crippen molar-refractivity contribution in [1.82, 2.24) is 16.0 Å². The molecule has 0 saturated carbocycles. The Bertz CT molecular complexity index is 743. The van der Waals surface area contributed by atoms with Gasteiger partial charge in [0.25, 0.3) is 5.91 Å². The zero-order valence-electron chi connectivity index (χ0n) is 15.7. The summed E-state index contributed by atoms with van der Waals surface area (Å²) in [5.74, 6) is 0.294. The second-order valence-corrected chi connectivity index (χ2v) is 6.01. The van der Waals surface area contributed by atoms with Gasteiger partial charge in [-0.15, -0.1) is 12.4 Å². The fourth-order valence-electron chi connectivity index (χ4n) is 2.31. The molecule has 0 aliphatic carbocycles. The number of ether oxygens (including phenoxy) is 1. The van der Waals surface area contributed by atoms with Gasteiger partial charge in [0.1, 0.15) is 18.5 Å². The highest BCUT2D eigenvalue weighted by atomic mass is 35.5. The number of nitrogens with one attached hydrogen (secondary N) is 3. The van der Waals surface area contributed by atoms with Crippen LogP contribution in [0.25, 0.3) is 0 Å². The van der Waals surface area contributed by atoms with E-state index in [0.717, 1.165) is 11.3 Å². The maximum Gasteiger partial charge on any atom is 0.321 e. The molecule has 2 rings (SSSR count). The normalized spacial score (nSPS) is 11.1. The van der Waals surface area contributed by atoms with E-state index in [4.69, 9.17) is 4.74 Å². The fraction of sp³-hybridized carbons (Fsp3) is 0.300. The molecule has 0 bridgehead atoms. The van der Waals surface area contributed by atoms with Crippen LogP contribution in [0.5, 0.6) is 5.75 Å². The lowest BCUT2D eigenvalue weighted by Gasteiger charge is -2.14. The summed E-state index contributed by atoms with van der Waals surface area (Å²) in [6.07, 6.45) is -0.668. The topological polar surface area (TPSA) is 99.7 Å². The summed E-state index contributed by atoms with van der Waals surface area (Å²) < 4.78 is 5.57. The molecule has 4 N–H and O–H groups in total. The van der Waals surface area contributed by atoms with Gasteiger partial charge in [-0.1, -0.05) is 36.4 Å². The zero-order valence-corrected chi connectivity index (χ0v) is 16.5. The van der Waals surface area contributed by atoms with Gasteiger partial charge < -0.3 is 20.5 Å². The molecular weight excluding hydrogens is 382 g/mol. The van der Waals surface area contributed by atoms with Crippen LogP contribution in [-0.2, 0) is 0 Å². The summed E-state index contributed by atoms with van der Waals surface area (Å²) in [6, 6.07) is 15.6. The van der Waals surface area contributed by atoms with Crippen molar-refractivity contribution >= 4 is 24.3 Å². The van der Waals surface area contributed by atoms with Crippen molar-refractivity contribution in [1.29, 1.82) is 0 Å². The van der Waals surface area contributed by atoms with Crippen molar-refractivity contribution in [2.45, 2.75) is 13.0 Å². The van der Waals surface area contributed by atoms with Gasteiger partial charge in [0.15, 0.2) is 0 Å². The molecule has 0 aliphatic rings. The third-order valence-corrected chi connectivity index (χ3v) is 3.76. The highest BCUT2D eigenvalue weighted by molar-refractivity contribution is 6.04. The average Bonchev–Trinajstić information content (AvgIpc) is 2.67. The molecule has 8 heteroatoms. The first-order valence-corrected chi connectivity index (χ1v) is 8.77. The van der Waals surface area contributed by atoms with E-state index in [2.05, 4.69) is 16.0 Å². The van der Waals surface area contributed by atoms with Crippen LogP contribution in [0.2, 0.25) is 0 Å². The van der Waals surface area contributed by atoms with Crippen molar-refractivity contribution in [2.24, 2.45) is 0 Å². The number of amides is 3. The molecule has 28 heavy (non-hydrogen) atoms. The number of hydrogen-bond donors (Lipinski definition) is 4. The Balaban J connectivity index is 0.00000392. The van der Waals surface area contributed by atoms with Gasteiger partial charge in [0.05, 0.1) is 0 Å². The van der Waals surface area contributed by atoms with Crippen LogP contribution in [0.1, 0.15) is 15.9 Å². The minimum atomic E-state index is -0.668. The van der Waals surface area contributed by atoms with Crippen molar-refractivity contribution in [3.05, 3.63) is 65.7 Å². The van der Waals surface area contributed by atoms with E-state index in [1.807, 2.05) is 31.2 Å². The average molecular weight is 408 g/mol. The van der Waals surface area contributed by atoms with E-state index in [9.17, 15) is 14.7 Å². The highest BCUT2D eigenvalue weighted by Crippen LogP contribution is 2.16. The second-order valence-electron chi connectivity index (χ2n) is 6.01. The number of hydrogen-bond acceptors (Lipinski definition) is 5. The van der Waals surface area contributed by atoms with E-state index in [1.54, 1.807) is 30.3 Å². The van der Waals surface area contributed by atoms with Gasteiger partial charge >= 0.3 is 6.03 Å². The predicted octanol–water partition coefficient (Wildman–Crippen LogP) is 1.89. The van der Waals surface area contributed by atoms with Crippen LogP contribution < -0.4 is 20.7 Å². The minimum Gasteiger partial charge on any atom is -0.491 e. The Kier molecular flexibility index (Phi) is 10.6. The predicted molar refractivity (Wildman–Crippen MR) is 110 cm³/mol. The van der Waals surface area contributed by atoms with Crippen LogP contribution in [0.15, 0.2) is 54.6 Å². The fourth-order valence-corrected chi connectivity index (χ4v) is 2.31. The molecule has 3 amide bonds. The molecule has 152 valence electrons. The second kappa shape index (κ2) is 12.7. The molecule has 0 fully saturated rings. The molecule has 2 aromatic carbocycles. The number of rotatable bonds is 9. The number of benzene rings is 2. The largest absolute Gasteiger partial charge is 0.491 e. The van der Waals surface area contributed by atoms with E-state index >= 15 is 0 Å². The molecule has 7 nitrogen and oxygen atoms in total. The monoisotopic (exact) mass is 407 g/mol. The van der Waals surface area contributed by atoms with Crippen LogP contribution >= 0.6 is 12.4 Å². The first-order valence-electron chi connectivity index (χ1n) is 8.77. The third-order valence-electron chi connectivity index (χ3n) is 3.76. The maximum atomic E-state index is 11.8. The Morgan fingerprint density at radius 2 is 1.71 bits per heavy atom. The van der Waals surface area contributed by atoms with E-state index in [1.165, 1.54) is 0 Å². The highest BCUT2D eigenvalue weighted by Gasteiger charge is 2.09. The Morgan fingerprint density at radius 3 is 2.43 bits per heavy atom. The summed E-state index contributed by atoms with van der Waals surface area (Å²) in [7, 11) is 0. The standard InChI is InChI=1S/C20H25N3O4.ClH/c1-15-7-5-6-10-18(15)27-14-17(24)13-21-11-12-22-20(26)23-19(25)16-8-3-2-4-9-16;/h2-10,17,21,24H,11-14H2,1H3,(H2,22,23,25,26);1H. The maximum absolute atomic E-state index is 11.8. The third kappa shape index (κ3) is 8.39. The number of carbonyl (C=O) groups is 2. The van der Waals surface area contributed by atoms with Crippen molar-refractivity contribution in [2.75, 3.05) is 26.2 Å². The number of aliphatic hydroxyl groups excluding tert-OH is 1. The lowest BCUT2D eigenvalue weighted by Crippen LogP contribution is -2.43. The first-order chi connectivity index (χ1) is 13.1. The number of carbonyl (C=O) groups excluding carboxylic acids is 2. The first kappa shape index (κ1) is 23.4. The minimum absolute atomic E-state index is 0. The summed E-state index contributed by atoms with van der Waals surface area (Å²) in [5.41, 5.74) is 1.43. The van der Waals surface area contributed by atoms with Crippen molar-refractivity contribution < 1.29 is 19.4 Å². The van der Waals surface area contributed by atoms with Crippen LogP contribution in [-0.4, -0.2) is 49.4 Å². The molecule has 0 saturated heterocycles. The number of aliphatic hydroxyl groups is 1. The van der Waals surface area contributed by atoms with Gasteiger partial charge in [-0.3, -0.25) is 10.1 Å². The molecule has 0 spiro atoms. The van der Waals surface area contributed by atoms with Crippen molar-refractivity contribution in [3.8, 4) is 5.75 Å². The summed E-state index contributed by atoms with van der Waals surface area (Å²) in [6.45, 7) is 3.22. The van der Waals surface area contributed by atoms with E-state index in [-0.39, 0.29) is 19.0 Å². The van der Waals surface area contributed by atoms with Crippen LogP contribution in [0, 0.1) is 6.92 Å². The van der Waals surface area contributed by atoms with Crippen LogP contribution in [0.4, 0.5) is 4.79 Å². The number of imide groups is 1. The number of urea groups is 1. The van der Waals surface area contributed by atoms with E-state index in [0.29, 0.717) is 25.2 Å². The lowest BCUT2D eigenvalue weighted by atomic mass is 10.2. The van der Waals surface area contributed by atoms with Crippen LogP contribution in [0.3, 0.4) is 0 Å². The number of aryl methyl sites for hydroxylation is 1. The Morgan fingerprint density at radius 1 is 1.04 bits per heavy atom. The molecule has 0 heterocycles. The number of para-hydroxylation sites is 1. The van der Waals surface area contributed by atoms with Gasteiger partial charge in [-0.25, -0.2) is 4.79 Å². The zero-order chi connectivity index (χ0) is 19.5. The molecule has 0 radical (unpaired) electrons. The summed E-state index contributed by atoms with van der Waals surface area (Å²) in [5, 5.41) is 17.8. The molecule has 2 aromatic rings. The number of halogens is 1. The smallest absolute Gasteiger partial charge is 0.321 e. The van der Waals surface area contributed by atoms with E-state index < -0.39 is 18.0 Å². The van der Waals surface area contributed by atoms with Gasteiger partial charge in [-0.05, 0) is 30.7 Å². The van der Waals surface area contributed by atoms with Gasteiger partial charge in [-0.2, -0.15) is 0 Å². The molecule has 1 unspecified atom stereocenters. The Labute approximate surface area is 170 Å². The molecule has 1 atom stereocenters. The Hall–Kier alpha value is -2.61. The molecule has 0 aromatic heterocycles. The van der Waals surface area contributed by atoms with Gasteiger partial charge in [0, 0.05) is 25.2 Å². The summed E-state index contributed by atoms with van der Waals surface area (Å²) in [4.78, 5) is 23.5. The van der Waals surface area contributed by atoms with Gasteiger partial charge in [0.2, 0.25) is 0 Å². The molecular formula is C20H26ClN3O4. The SMILES string of the molecule is Cc1ccccc1OCC(O)CNCCNC(=O)NC(=O)c1ccccc1.Cl. The molecule has 0 aliphatic heterocycles. The quantitative estimate of drug-likeness (QED) is 0.476. The lowest BCUT2D eigenvalue weighted by molar-refractivity contribution is 0.0964. The summed E-state index contributed by atoms with van der Waals surface area (Å²) >= 11 is 0.